The fourth-order valence-corrected chi connectivity index (χ4v) is 4.35. The summed E-state index contributed by atoms with van der Waals surface area (Å²) >= 11 is 0. The van der Waals surface area contributed by atoms with Crippen LogP contribution in [0.5, 0.6) is 0 Å². The molecular formula is C28H20F3N. The van der Waals surface area contributed by atoms with Gasteiger partial charge in [-0.05, 0) is 53.4 Å². The molecule has 1 aliphatic rings. The maximum Gasteiger partial charge on any atom is 0.416 e. The Kier molecular flexibility index (Phi) is 4.93. The zero-order valence-electron chi connectivity index (χ0n) is 17.4. The summed E-state index contributed by atoms with van der Waals surface area (Å²) < 4.78 is 41.2. The molecule has 32 heavy (non-hydrogen) atoms. The number of rotatable bonds is 2. The van der Waals surface area contributed by atoms with Crippen molar-refractivity contribution in [3.05, 3.63) is 125 Å². The predicted molar refractivity (Wildman–Crippen MR) is 123 cm³/mol. The van der Waals surface area contributed by atoms with Gasteiger partial charge in [0.1, 0.15) is 0 Å². The number of halogens is 3. The maximum absolute atomic E-state index is 13.7. The van der Waals surface area contributed by atoms with Crippen LogP contribution in [-0.2, 0) is 6.18 Å². The van der Waals surface area contributed by atoms with Crippen LogP contribution in [0.3, 0.4) is 0 Å². The lowest BCUT2D eigenvalue weighted by molar-refractivity contribution is -0.137. The van der Waals surface area contributed by atoms with Gasteiger partial charge in [0.2, 0.25) is 0 Å². The van der Waals surface area contributed by atoms with Crippen LogP contribution in [0.2, 0.25) is 0 Å². The summed E-state index contributed by atoms with van der Waals surface area (Å²) in [5.74, 6) is -0.441. The van der Waals surface area contributed by atoms with Crippen molar-refractivity contribution in [1.29, 1.82) is 0 Å². The molecule has 5 rings (SSSR count). The molecule has 0 N–H and O–H groups in total. The van der Waals surface area contributed by atoms with Gasteiger partial charge in [-0.3, -0.25) is 4.99 Å². The number of aliphatic imine (C=N–C) groups is 1. The number of alkyl halides is 3. The zero-order valence-corrected chi connectivity index (χ0v) is 17.4. The Labute approximate surface area is 184 Å². The molecule has 158 valence electrons. The van der Waals surface area contributed by atoms with Gasteiger partial charge in [0.25, 0.3) is 0 Å². The van der Waals surface area contributed by atoms with Crippen molar-refractivity contribution in [3.63, 3.8) is 0 Å². The van der Waals surface area contributed by atoms with Gasteiger partial charge in [-0.2, -0.15) is 13.2 Å². The molecule has 4 heteroatoms. The van der Waals surface area contributed by atoms with E-state index in [0.29, 0.717) is 5.56 Å². The van der Waals surface area contributed by atoms with Gasteiger partial charge in [0, 0.05) is 5.56 Å². The first kappa shape index (κ1) is 20.3. The van der Waals surface area contributed by atoms with E-state index in [-0.39, 0.29) is 0 Å². The Balaban J connectivity index is 1.89. The highest BCUT2D eigenvalue weighted by Gasteiger charge is 2.34. The molecule has 1 nitrogen and oxygen atoms in total. The number of hydrogen-bond donors (Lipinski definition) is 0. The van der Waals surface area contributed by atoms with E-state index in [1.54, 1.807) is 6.07 Å². The number of aryl methyl sites for hydroxylation is 1. The molecule has 0 radical (unpaired) electrons. The van der Waals surface area contributed by atoms with Crippen molar-refractivity contribution in [3.8, 4) is 11.1 Å². The van der Waals surface area contributed by atoms with Crippen LogP contribution >= 0.6 is 0 Å². The summed E-state index contributed by atoms with van der Waals surface area (Å²) in [5.41, 5.74) is 5.90. The Morgan fingerprint density at radius 1 is 0.719 bits per heavy atom. The molecule has 4 aromatic carbocycles. The summed E-state index contributed by atoms with van der Waals surface area (Å²) in [5, 5.41) is 0. The summed E-state index contributed by atoms with van der Waals surface area (Å²) in [6.45, 7) is 1.98. The van der Waals surface area contributed by atoms with Crippen molar-refractivity contribution in [2.24, 2.45) is 4.99 Å². The molecule has 1 atom stereocenters. The largest absolute Gasteiger partial charge is 0.416 e. The highest BCUT2D eigenvalue weighted by Crippen LogP contribution is 2.45. The van der Waals surface area contributed by atoms with Crippen molar-refractivity contribution >= 4 is 11.4 Å². The number of nitrogens with zero attached hydrogens (tertiary/aromatic N) is 1. The summed E-state index contributed by atoms with van der Waals surface area (Å²) in [6.07, 6.45) is -4.43. The van der Waals surface area contributed by atoms with Crippen LogP contribution in [0, 0.1) is 6.92 Å². The topological polar surface area (TPSA) is 12.4 Å². The van der Waals surface area contributed by atoms with E-state index in [2.05, 4.69) is 0 Å². The second-order valence-electron chi connectivity index (χ2n) is 8.03. The molecule has 0 saturated carbocycles. The zero-order chi connectivity index (χ0) is 22.3. The second-order valence-corrected chi connectivity index (χ2v) is 8.03. The third kappa shape index (κ3) is 3.62. The molecule has 0 spiro atoms. The van der Waals surface area contributed by atoms with Crippen molar-refractivity contribution in [2.45, 2.75) is 19.0 Å². The Morgan fingerprint density at radius 3 is 2.09 bits per heavy atom. The molecule has 0 aromatic heterocycles. The fraction of sp³-hybridized carbons (Fsp3) is 0.107. The molecule has 0 saturated heterocycles. The van der Waals surface area contributed by atoms with Gasteiger partial charge < -0.3 is 0 Å². The average molecular weight is 427 g/mol. The minimum absolute atomic E-state index is 0.441. The number of fused-ring (bicyclic) bond motifs is 3. The predicted octanol–water partition coefficient (Wildman–Crippen LogP) is 7.95. The quantitative estimate of drug-likeness (QED) is 0.308. The average Bonchev–Trinajstić information content (AvgIpc) is 2.94. The number of benzene rings is 4. The van der Waals surface area contributed by atoms with Gasteiger partial charge in [-0.25, -0.2) is 0 Å². The van der Waals surface area contributed by atoms with E-state index in [0.717, 1.165) is 39.2 Å². The van der Waals surface area contributed by atoms with Crippen LogP contribution in [0.25, 0.3) is 11.1 Å². The number of hydrogen-bond acceptors (Lipinski definition) is 1. The normalized spacial score (nSPS) is 15.4. The minimum Gasteiger partial charge on any atom is -0.251 e. The first-order valence-corrected chi connectivity index (χ1v) is 10.4. The van der Waals surface area contributed by atoms with Crippen LogP contribution < -0.4 is 0 Å². The third-order valence-corrected chi connectivity index (χ3v) is 5.85. The molecule has 0 fully saturated rings. The molecule has 1 aliphatic heterocycles. The first-order valence-electron chi connectivity index (χ1n) is 10.4. The van der Waals surface area contributed by atoms with Crippen LogP contribution in [0.1, 0.15) is 33.7 Å². The van der Waals surface area contributed by atoms with E-state index in [4.69, 9.17) is 4.99 Å². The Morgan fingerprint density at radius 2 is 1.41 bits per heavy atom. The monoisotopic (exact) mass is 427 g/mol. The SMILES string of the molecule is Cc1ccc2c(c1)-c1ccc(C(F)(F)F)cc1[C@H](c1ccccc1)C(c1ccccc1)=N2. The van der Waals surface area contributed by atoms with Gasteiger partial charge in [-0.1, -0.05) is 78.4 Å². The van der Waals surface area contributed by atoms with Crippen LogP contribution in [-0.4, -0.2) is 5.71 Å². The van der Waals surface area contributed by atoms with E-state index < -0.39 is 17.7 Å². The van der Waals surface area contributed by atoms with Crippen LogP contribution in [0.4, 0.5) is 18.9 Å². The van der Waals surface area contributed by atoms with Gasteiger partial charge >= 0.3 is 6.18 Å². The summed E-state index contributed by atoms with van der Waals surface area (Å²) in [7, 11) is 0. The smallest absolute Gasteiger partial charge is 0.251 e. The van der Waals surface area contributed by atoms with E-state index in [9.17, 15) is 13.2 Å². The standard InChI is InChI=1S/C28H20F3N/c1-18-12-15-25-23(16-18)22-14-13-21(28(29,30)31)17-24(22)26(19-8-4-2-5-9-19)27(32-25)20-10-6-3-7-11-20/h2-17,26H,1H3/t26-/m0/s1. The minimum atomic E-state index is -4.43. The van der Waals surface area contributed by atoms with Gasteiger partial charge in [0.05, 0.1) is 22.9 Å². The summed E-state index contributed by atoms with van der Waals surface area (Å²) in [4.78, 5) is 5.05. The van der Waals surface area contributed by atoms with Crippen LogP contribution in [0.15, 0.2) is 102 Å². The van der Waals surface area contributed by atoms with Crippen molar-refractivity contribution in [2.75, 3.05) is 0 Å². The van der Waals surface area contributed by atoms with E-state index in [1.165, 1.54) is 12.1 Å². The molecule has 0 bridgehead atoms. The molecule has 0 aliphatic carbocycles. The fourth-order valence-electron chi connectivity index (χ4n) is 4.35. The third-order valence-electron chi connectivity index (χ3n) is 5.85. The Hall–Kier alpha value is -3.66. The van der Waals surface area contributed by atoms with E-state index in [1.807, 2.05) is 85.8 Å². The lowest BCUT2D eigenvalue weighted by Gasteiger charge is -2.23. The second kappa shape index (κ2) is 7.79. The summed E-state index contributed by atoms with van der Waals surface area (Å²) in [6, 6.07) is 29.3. The first-order chi connectivity index (χ1) is 15.4. The molecule has 1 heterocycles. The molecule has 0 unspecified atom stereocenters. The lowest BCUT2D eigenvalue weighted by Crippen LogP contribution is -2.17. The van der Waals surface area contributed by atoms with Crippen molar-refractivity contribution in [1.82, 2.24) is 0 Å². The maximum atomic E-state index is 13.7. The highest BCUT2D eigenvalue weighted by molar-refractivity contribution is 6.11. The van der Waals surface area contributed by atoms with E-state index >= 15 is 0 Å². The van der Waals surface area contributed by atoms with Gasteiger partial charge in [0.15, 0.2) is 0 Å². The van der Waals surface area contributed by atoms with Gasteiger partial charge in [-0.15, -0.1) is 0 Å². The van der Waals surface area contributed by atoms with Crippen molar-refractivity contribution < 1.29 is 13.2 Å². The lowest BCUT2D eigenvalue weighted by atomic mass is 9.80. The highest BCUT2D eigenvalue weighted by atomic mass is 19.4. The Bertz CT molecular complexity index is 1310. The molecular weight excluding hydrogens is 407 g/mol. The molecule has 4 aromatic rings. The molecule has 0 amide bonds.